The summed E-state index contributed by atoms with van der Waals surface area (Å²) in [4.78, 5) is 9.40. The number of benzene rings is 2. The Morgan fingerprint density at radius 1 is 0.875 bits per heavy atom. The van der Waals surface area contributed by atoms with Gasteiger partial charge in [0.1, 0.15) is 0 Å². The zero-order chi connectivity index (χ0) is 22.2. The molecule has 2 aliphatic heterocycles. The highest BCUT2D eigenvalue weighted by molar-refractivity contribution is 5.79. The first kappa shape index (κ1) is 22.4. The molecule has 0 aromatic heterocycles. The largest absolute Gasteiger partial charge is 0.454 e. The molecule has 0 spiro atoms. The second-order valence-corrected chi connectivity index (χ2v) is 8.32. The van der Waals surface area contributed by atoms with Crippen LogP contribution < -0.4 is 20.1 Å². The van der Waals surface area contributed by atoms with Crippen LogP contribution in [0.25, 0.3) is 0 Å². The summed E-state index contributed by atoms with van der Waals surface area (Å²) in [6.07, 6.45) is 0.887. The lowest BCUT2D eigenvalue weighted by Gasteiger charge is -2.34. The van der Waals surface area contributed by atoms with E-state index in [1.807, 2.05) is 12.1 Å². The van der Waals surface area contributed by atoms with Crippen LogP contribution >= 0.6 is 0 Å². The third-order valence-corrected chi connectivity index (χ3v) is 6.17. The van der Waals surface area contributed by atoms with Crippen LogP contribution in [0.5, 0.6) is 11.5 Å². The summed E-state index contributed by atoms with van der Waals surface area (Å²) in [7, 11) is 1.80. The van der Waals surface area contributed by atoms with Gasteiger partial charge in [0.25, 0.3) is 0 Å². The van der Waals surface area contributed by atoms with Crippen molar-refractivity contribution < 1.29 is 9.47 Å². The van der Waals surface area contributed by atoms with Crippen LogP contribution in [-0.4, -0.2) is 68.9 Å². The molecule has 0 unspecified atom stereocenters. The van der Waals surface area contributed by atoms with Gasteiger partial charge in [0, 0.05) is 52.9 Å². The van der Waals surface area contributed by atoms with E-state index in [2.05, 4.69) is 62.7 Å². The number of hydrogen-bond acceptors (Lipinski definition) is 5. The van der Waals surface area contributed by atoms with Crippen LogP contribution in [-0.2, 0) is 19.5 Å². The van der Waals surface area contributed by atoms with Crippen molar-refractivity contribution in [1.82, 2.24) is 20.4 Å². The maximum atomic E-state index is 5.45. The molecule has 1 saturated heterocycles. The Morgan fingerprint density at radius 2 is 1.56 bits per heavy atom. The minimum atomic E-state index is 0.310. The first-order chi connectivity index (χ1) is 15.7. The molecule has 172 valence electrons. The summed E-state index contributed by atoms with van der Waals surface area (Å²) in [5.74, 6) is 2.46. The fraction of sp³-hybridized carbons (Fsp3) is 0.480. The maximum Gasteiger partial charge on any atom is 0.231 e. The number of rotatable bonds is 8. The molecule has 2 aromatic carbocycles. The monoisotopic (exact) mass is 437 g/mol. The molecular weight excluding hydrogens is 402 g/mol. The van der Waals surface area contributed by atoms with Gasteiger partial charge < -0.3 is 25.0 Å². The van der Waals surface area contributed by atoms with E-state index in [0.29, 0.717) is 6.79 Å². The van der Waals surface area contributed by atoms with E-state index < -0.39 is 0 Å². The molecule has 7 nitrogen and oxygen atoms in total. The molecule has 0 amide bonds. The predicted molar refractivity (Wildman–Crippen MR) is 128 cm³/mol. The minimum Gasteiger partial charge on any atom is -0.454 e. The number of guanidine groups is 1. The first-order valence-electron chi connectivity index (χ1n) is 11.6. The van der Waals surface area contributed by atoms with Crippen molar-refractivity contribution in [2.75, 3.05) is 53.1 Å². The third kappa shape index (κ3) is 6.14. The Hall–Kier alpha value is -2.77. The quantitative estimate of drug-likeness (QED) is 0.489. The summed E-state index contributed by atoms with van der Waals surface area (Å²) < 4.78 is 10.8. The van der Waals surface area contributed by atoms with Gasteiger partial charge in [-0.3, -0.25) is 9.89 Å². The van der Waals surface area contributed by atoms with Crippen molar-refractivity contribution in [2.24, 2.45) is 4.99 Å². The highest BCUT2D eigenvalue weighted by atomic mass is 16.7. The second kappa shape index (κ2) is 11.2. The van der Waals surface area contributed by atoms with Gasteiger partial charge >= 0.3 is 0 Å². The van der Waals surface area contributed by atoms with E-state index in [4.69, 9.17) is 9.47 Å². The summed E-state index contributed by atoms with van der Waals surface area (Å²) in [5.41, 5.74) is 3.84. The Labute approximate surface area is 191 Å². The third-order valence-electron chi connectivity index (χ3n) is 6.17. The van der Waals surface area contributed by atoms with E-state index in [1.165, 1.54) is 29.8 Å². The standard InChI is InChI=1S/C25H35N5O2/c1-3-29-12-14-30(15-13-29)18-22-6-4-21(5-7-22)17-28-25(26-2)27-11-10-20-8-9-23-24(16-20)32-19-31-23/h4-9,16H,3,10-15,17-19H2,1-2H3,(H2,26,27,28). The van der Waals surface area contributed by atoms with Crippen LogP contribution in [0.2, 0.25) is 0 Å². The zero-order valence-electron chi connectivity index (χ0n) is 19.3. The lowest BCUT2D eigenvalue weighted by Crippen LogP contribution is -2.45. The number of ether oxygens (including phenoxy) is 2. The zero-order valence-corrected chi connectivity index (χ0v) is 19.3. The van der Waals surface area contributed by atoms with Crippen LogP contribution in [0.1, 0.15) is 23.6 Å². The summed E-state index contributed by atoms with van der Waals surface area (Å²) in [5, 5.41) is 6.79. The molecule has 0 bridgehead atoms. The van der Waals surface area contributed by atoms with E-state index in [0.717, 1.165) is 63.1 Å². The van der Waals surface area contributed by atoms with Crippen LogP contribution in [0.15, 0.2) is 47.5 Å². The highest BCUT2D eigenvalue weighted by Crippen LogP contribution is 2.32. The summed E-state index contributed by atoms with van der Waals surface area (Å²) >= 11 is 0. The molecular formula is C25H35N5O2. The molecule has 4 rings (SSSR count). The van der Waals surface area contributed by atoms with E-state index in [-0.39, 0.29) is 0 Å². The first-order valence-corrected chi connectivity index (χ1v) is 11.6. The van der Waals surface area contributed by atoms with Crippen molar-refractivity contribution in [3.8, 4) is 11.5 Å². The normalized spacial score (nSPS) is 16.9. The van der Waals surface area contributed by atoms with Crippen molar-refractivity contribution in [3.63, 3.8) is 0 Å². The lowest BCUT2D eigenvalue weighted by atomic mass is 10.1. The van der Waals surface area contributed by atoms with Crippen molar-refractivity contribution in [2.45, 2.75) is 26.4 Å². The highest BCUT2D eigenvalue weighted by Gasteiger charge is 2.15. The number of fused-ring (bicyclic) bond motifs is 1. The molecule has 1 fully saturated rings. The van der Waals surface area contributed by atoms with Crippen LogP contribution in [0.3, 0.4) is 0 Å². The summed E-state index contributed by atoms with van der Waals surface area (Å²) in [6.45, 7) is 11.0. The van der Waals surface area contributed by atoms with Crippen molar-refractivity contribution in [1.29, 1.82) is 0 Å². The van der Waals surface area contributed by atoms with Gasteiger partial charge in [0.15, 0.2) is 17.5 Å². The van der Waals surface area contributed by atoms with E-state index in [9.17, 15) is 0 Å². The fourth-order valence-corrected chi connectivity index (χ4v) is 4.11. The van der Waals surface area contributed by atoms with Gasteiger partial charge in [-0.25, -0.2) is 0 Å². The topological polar surface area (TPSA) is 61.4 Å². The number of aliphatic imine (C=N–C) groups is 1. The van der Waals surface area contributed by atoms with Gasteiger partial charge in [-0.05, 0) is 41.8 Å². The minimum absolute atomic E-state index is 0.310. The molecule has 7 heteroatoms. The van der Waals surface area contributed by atoms with E-state index in [1.54, 1.807) is 7.05 Å². The number of piperazine rings is 1. The molecule has 0 radical (unpaired) electrons. The average Bonchev–Trinajstić information content (AvgIpc) is 3.31. The maximum absolute atomic E-state index is 5.45. The Morgan fingerprint density at radius 3 is 2.31 bits per heavy atom. The molecule has 0 saturated carbocycles. The van der Waals surface area contributed by atoms with Crippen molar-refractivity contribution in [3.05, 3.63) is 59.2 Å². The van der Waals surface area contributed by atoms with Crippen LogP contribution in [0, 0.1) is 0 Å². The molecule has 0 aliphatic carbocycles. The van der Waals surface area contributed by atoms with Gasteiger partial charge in [-0.15, -0.1) is 0 Å². The Kier molecular flexibility index (Phi) is 7.85. The van der Waals surface area contributed by atoms with Gasteiger partial charge in [0.05, 0.1) is 0 Å². The summed E-state index contributed by atoms with van der Waals surface area (Å²) in [6, 6.07) is 15.0. The average molecular weight is 438 g/mol. The number of likely N-dealkylation sites (N-methyl/N-ethyl adjacent to an activating group) is 1. The van der Waals surface area contributed by atoms with E-state index >= 15 is 0 Å². The SMILES string of the molecule is CCN1CCN(Cc2ccc(CNC(=NC)NCCc3ccc4c(c3)OCO4)cc2)CC1. The predicted octanol–water partition coefficient (Wildman–Crippen LogP) is 2.46. The molecule has 2 N–H and O–H groups in total. The van der Waals surface area contributed by atoms with Gasteiger partial charge in [-0.1, -0.05) is 37.3 Å². The smallest absolute Gasteiger partial charge is 0.231 e. The fourth-order valence-electron chi connectivity index (χ4n) is 4.11. The molecule has 2 aliphatic rings. The Bertz CT molecular complexity index is 892. The molecule has 32 heavy (non-hydrogen) atoms. The lowest BCUT2D eigenvalue weighted by molar-refractivity contribution is 0.132. The van der Waals surface area contributed by atoms with Gasteiger partial charge in [0.2, 0.25) is 6.79 Å². The molecule has 0 atom stereocenters. The number of hydrogen-bond donors (Lipinski definition) is 2. The Balaban J connectivity index is 1.18. The van der Waals surface area contributed by atoms with Crippen LogP contribution in [0.4, 0.5) is 0 Å². The van der Waals surface area contributed by atoms with Gasteiger partial charge in [-0.2, -0.15) is 0 Å². The number of nitrogens with one attached hydrogen (secondary N) is 2. The second-order valence-electron chi connectivity index (χ2n) is 8.32. The number of nitrogens with zero attached hydrogens (tertiary/aromatic N) is 3. The molecule has 2 heterocycles. The molecule has 2 aromatic rings. The van der Waals surface area contributed by atoms with Crippen molar-refractivity contribution >= 4 is 5.96 Å².